The molecule has 0 fully saturated rings. The van der Waals surface area contributed by atoms with Gasteiger partial charge in [-0.25, -0.2) is 4.98 Å². The molecule has 6 heteroatoms. The van der Waals surface area contributed by atoms with Crippen molar-refractivity contribution in [1.82, 2.24) is 9.97 Å². The number of nitrogens with one attached hydrogen (secondary N) is 2. The fourth-order valence-electron chi connectivity index (χ4n) is 1.83. The molecule has 19 heavy (non-hydrogen) atoms. The topological polar surface area (TPSA) is 83.8 Å². The minimum atomic E-state index is -0.466. The predicted molar refractivity (Wildman–Crippen MR) is 80.4 cm³/mol. The summed E-state index contributed by atoms with van der Waals surface area (Å²) >= 11 is 1.69. The summed E-state index contributed by atoms with van der Waals surface area (Å²) < 4.78 is 0. The SMILES string of the molecule is CSCC[C@@H](N)C(=O)Nc1ccc2nc(C)[nH]c2c1. The fraction of sp³-hybridized carbons (Fsp3) is 0.385. The van der Waals surface area contributed by atoms with Gasteiger partial charge in [0.25, 0.3) is 0 Å². The van der Waals surface area contributed by atoms with Gasteiger partial charge >= 0.3 is 0 Å². The predicted octanol–water partition coefficient (Wildman–Crippen LogP) is 1.89. The van der Waals surface area contributed by atoms with Crippen LogP contribution in [0, 0.1) is 6.92 Å². The first-order chi connectivity index (χ1) is 9.10. The number of anilines is 1. The Morgan fingerprint density at radius 2 is 2.37 bits per heavy atom. The zero-order valence-corrected chi connectivity index (χ0v) is 11.9. The van der Waals surface area contributed by atoms with E-state index in [0.717, 1.165) is 28.3 Å². The minimum absolute atomic E-state index is 0.148. The lowest BCUT2D eigenvalue weighted by Gasteiger charge is -2.11. The number of hydrogen-bond acceptors (Lipinski definition) is 4. The first-order valence-electron chi connectivity index (χ1n) is 6.12. The molecule has 1 aromatic carbocycles. The van der Waals surface area contributed by atoms with Crippen molar-refractivity contribution in [2.45, 2.75) is 19.4 Å². The quantitative estimate of drug-likeness (QED) is 0.780. The van der Waals surface area contributed by atoms with Crippen LogP contribution in [0.1, 0.15) is 12.2 Å². The maximum Gasteiger partial charge on any atom is 0.241 e. The lowest BCUT2D eigenvalue weighted by Crippen LogP contribution is -2.36. The Hall–Kier alpha value is -1.53. The molecule has 0 saturated carbocycles. The third-order valence-corrected chi connectivity index (χ3v) is 3.48. The number of thioether (sulfide) groups is 1. The minimum Gasteiger partial charge on any atom is -0.342 e. The number of aromatic nitrogens is 2. The number of benzene rings is 1. The molecule has 2 rings (SSSR count). The molecule has 0 aliphatic heterocycles. The molecular weight excluding hydrogens is 260 g/mol. The van der Waals surface area contributed by atoms with Crippen LogP contribution in [0.25, 0.3) is 11.0 Å². The third kappa shape index (κ3) is 3.48. The summed E-state index contributed by atoms with van der Waals surface area (Å²) in [6.45, 7) is 1.90. The van der Waals surface area contributed by atoms with Crippen molar-refractivity contribution in [3.05, 3.63) is 24.0 Å². The molecule has 102 valence electrons. The molecule has 1 amide bonds. The van der Waals surface area contributed by atoms with Gasteiger partial charge in [-0.1, -0.05) is 0 Å². The number of imidazole rings is 1. The van der Waals surface area contributed by atoms with E-state index in [0.29, 0.717) is 6.42 Å². The monoisotopic (exact) mass is 278 g/mol. The Morgan fingerprint density at radius 1 is 1.58 bits per heavy atom. The zero-order chi connectivity index (χ0) is 13.8. The van der Waals surface area contributed by atoms with Crippen LogP contribution in [0.3, 0.4) is 0 Å². The third-order valence-electron chi connectivity index (χ3n) is 2.84. The molecule has 5 nitrogen and oxygen atoms in total. The number of carbonyl (C=O) groups is 1. The number of rotatable bonds is 5. The van der Waals surface area contributed by atoms with Crippen molar-refractivity contribution in [1.29, 1.82) is 0 Å². The summed E-state index contributed by atoms with van der Waals surface area (Å²) in [5.74, 6) is 1.59. The van der Waals surface area contributed by atoms with Crippen molar-refractivity contribution in [2.24, 2.45) is 5.73 Å². The number of carbonyl (C=O) groups excluding carboxylic acids is 1. The molecule has 0 aliphatic rings. The Balaban J connectivity index is 2.06. The van der Waals surface area contributed by atoms with E-state index in [1.807, 2.05) is 31.4 Å². The zero-order valence-electron chi connectivity index (χ0n) is 11.1. The van der Waals surface area contributed by atoms with Gasteiger partial charge in [-0.3, -0.25) is 4.79 Å². The molecule has 2 aromatic rings. The maximum atomic E-state index is 11.9. The average molecular weight is 278 g/mol. The van der Waals surface area contributed by atoms with Gasteiger partial charge in [-0.15, -0.1) is 0 Å². The van der Waals surface area contributed by atoms with Crippen LogP contribution in [-0.2, 0) is 4.79 Å². The molecule has 1 heterocycles. The second-order valence-electron chi connectivity index (χ2n) is 4.43. The number of nitrogens with zero attached hydrogens (tertiary/aromatic N) is 1. The molecule has 1 aromatic heterocycles. The number of nitrogens with two attached hydrogens (primary N) is 1. The van der Waals surface area contributed by atoms with Crippen LogP contribution < -0.4 is 11.1 Å². The number of amides is 1. The molecular formula is C13H18N4OS. The Morgan fingerprint density at radius 3 is 3.11 bits per heavy atom. The van der Waals surface area contributed by atoms with E-state index in [1.165, 1.54) is 0 Å². The van der Waals surface area contributed by atoms with Crippen LogP contribution in [0.15, 0.2) is 18.2 Å². The molecule has 0 aliphatic carbocycles. The Labute approximate surface area is 116 Å². The van der Waals surface area contributed by atoms with E-state index in [4.69, 9.17) is 5.73 Å². The van der Waals surface area contributed by atoms with Crippen molar-refractivity contribution in [2.75, 3.05) is 17.3 Å². The highest BCUT2D eigenvalue weighted by molar-refractivity contribution is 7.98. The maximum absolute atomic E-state index is 11.9. The smallest absolute Gasteiger partial charge is 0.241 e. The standard InChI is InChI=1S/C13H18N4OS/c1-8-15-11-4-3-9(7-12(11)16-8)17-13(18)10(14)5-6-19-2/h3-4,7,10H,5-6,14H2,1-2H3,(H,15,16)(H,17,18)/t10-/m1/s1. The fourth-order valence-corrected chi connectivity index (χ4v) is 2.32. The number of aryl methyl sites for hydroxylation is 1. The van der Waals surface area contributed by atoms with Gasteiger partial charge in [0.2, 0.25) is 5.91 Å². The summed E-state index contributed by atoms with van der Waals surface area (Å²) in [6, 6.07) is 5.12. The number of H-pyrrole nitrogens is 1. The first-order valence-corrected chi connectivity index (χ1v) is 7.51. The summed E-state index contributed by atoms with van der Waals surface area (Å²) in [6.07, 6.45) is 2.68. The molecule has 1 atom stereocenters. The number of fused-ring (bicyclic) bond motifs is 1. The van der Waals surface area contributed by atoms with E-state index < -0.39 is 6.04 Å². The van der Waals surface area contributed by atoms with Crippen molar-refractivity contribution in [3.63, 3.8) is 0 Å². The summed E-state index contributed by atoms with van der Waals surface area (Å²) in [7, 11) is 0. The van der Waals surface area contributed by atoms with Crippen molar-refractivity contribution in [3.8, 4) is 0 Å². The average Bonchev–Trinajstić information content (AvgIpc) is 2.75. The lowest BCUT2D eigenvalue weighted by atomic mass is 10.2. The Bertz CT molecular complexity index is 581. The van der Waals surface area contributed by atoms with Crippen LogP contribution in [0.2, 0.25) is 0 Å². The summed E-state index contributed by atoms with van der Waals surface area (Å²) in [4.78, 5) is 19.3. The van der Waals surface area contributed by atoms with Crippen LogP contribution in [0.5, 0.6) is 0 Å². The largest absolute Gasteiger partial charge is 0.342 e. The lowest BCUT2D eigenvalue weighted by molar-refractivity contribution is -0.117. The molecule has 0 spiro atoms. The molecule has 0 saturated heterocycles. The van der Waals surface area contributed by atoms with E-state index >= 15 is 0 Å². The van der Waals surface area contributed by atoms with Gasteiger partial charge in [0.05, 0.1) is 17.1 Å². The van der Waals surface area contributed by atoms with Crippen LogP contribution in [-0.4, -0.2) is 33.9 Å². The molecule has 0 bridgehead atoms. The highest BCUT2D eigenvalue weighted by Gasteiger charge is 2.13. The normalized spacial score (nSPS) is 12.6. The first kappa shape index (κ1) is 13.9. The van der Waals surface area contributed by atoms with Crippen LogP contribution >= 0.6 is 11.8 Å². The van der Waals surface area contributed by atoms with Gasteiger partial charge in [-0.05, 0) is 43.6 Å². The van der Waals surface area contributed by atoms with E-state index in [2.05, 4.69) is 15.3 Å². The molecule has 0 unspecified atom stereocenters. The highest BCUT2D eigenvalue weighted by atomic mass is 32.2. The van der Waals surface area contributed by atoms with Crippen molar-refractivity contribution < 1.29 is 4.79 Å². The highest BCUT2D eigenvalue weighted by Crippen LogP contribution is 2.17. The van der Waals surface area contributed by atoms with Gasteiger partial charge < -0.3 is 16.0 Å². The van der Waals surface area contributed by atoms with Crippen LogP contribution in [0.4, 0.5) is 5.69 Å². The van der Waals surface area contributed by atoms with E-state index in [-0.39, 0.29) is 5.91 Å². The second-order valence-corrected chi connectivity index (χ2v) is 5.42. The second kappa shape index (κ2) is 6.08. The van der Waals surface area contributed by atoms with E-state index in [9.17, 15) is 4.79 Å². The summed E-state index contributed by atoms with van der Waals surface area (Å²) in [5, 5.41) is 2.83. The Kier molecular flexibility index (Phi) is 4.44. The van der Waals surface area contributed by atoms with E-state index in [1.54, 1.807) is 11.8 Å². The van der Waals surface area contributed by atoms with Gasteiger partial charge in [0.15, 0.2) is 0 Å². The summed E-state index contributed by atoms with van der Waals surface area (Å²) in [5.41, 5.74) is 8.36. The number of hydrogen-bond donors (Lipinski definition) is 3. The van der Waals surface area contributed by atoms with Gasteiger partial charge in [-0.2, -0.15) is 11.8 Å². The van der Waals surface area contributed by atoms with Gasteiger partial charge in [0, 0.05) is 5.69 Å². The van der Waals surface area contributed by atoms with Gasteiger partial charge in [0.1, 0.15) is 5.82 Å². The number of aromatic amines is 1. The molecule has 4 N–H and O–H groups in total. The van der Waals surface area contributed by atoms with Crippen molar-refractivity contribution >= 4 is 34.4 Å². The molecule has 0 radical (unpaired) electrons.